The fraction of sp³-hybridized carbons (Fsp3) is 0.235. The number of carbonyl (C=O) groups is 1. The maximum Gasteiger partial charge on any atom is 0.265 e. The predicted molar refractivity (Wildman–Crippen MR) is 86.1 cm³/mol. The van der Waals surface area contributed by atoms with Crippen LogP contribution in [0.5, 0.6) is 5.75 Å². The largest absolute Gasteiger partial charge is 0.481 e. The molecule has 0 aliphatic carbocycles. The van der Waals surface area contributed by atoms with Gasteiger partial charge in [0.15, 0.2) is 6.10 Å². The normalized spacial score (nSPS) is 11.8. The molecule has 0 bridgehead atoms. The number of hydrogen-bond donors (Lipinski definition) is 1. The highest BCUT2D eigenvalue weighted by Crippen LogP contribution is 2.21. The first-order valence-corrected chi connectivity index (χ1v) is 7.14. The van der Waals surface area contributed by atoms with Gasteiger partial charge in [0.1, 0.15) is 5.75 Å². The summed E-state index contributed by atoms with van der Waals surface area (Å²) < 4.78 is 5.61. The van der Waals surface area contributed by atoms with Crippen LogP contribution in [0.3, 0.4) is 0 Å². The lowest BCUT2D eigenvalue weighted by atomic mass is 10.1. The third-order valence-corrected chi connectivity index (χ3v) is 3.48. The van der Waals surface area contributed by atoms with Gasteiger partial charge in [-0.3, -0.25) is 4.79 Å². The third kappa shape index (κ3) is 3.99. The molecule has 110 valence electrons. The average molecular weight is 304 g/mol. The number of anilines is 1. The van der Waals surface area contributed by atoms with Gasteiger partial charge in [-0.25, -0.2) is 0 Å². The van der Waals surface area contributed by atoms with E-state index in [1.54, 1.807) is 31.2 Å². The molecule has 21 heavy (non-hydrogen) atoms. The van der Waals surface area contributed by atoms with E-state index in [2.05, 4.69) is 5.32 Å². The van der Waals surface area contributed by atoms with Gasteiger partial charge in [0.25, 0.3) is 5.91 Å². The van der Waals surface area contributed by atoms with Gasteiger partial charge in [-0.1, -0.05) is 29.8 Å². The Labute approximate surface area is 129 Å². The van der Waals surface area contributed by atoms with E-state index in [1.165, 1.54) is 0 Å². The van der Waals surface area contributed by atoms with Crippen LogP contribution >= 0.6 is 11.6 Å². The maximum atomic E-state index is 12.2. The minimum Gasteiger partial charge on any atom is -0.481 e. The van der Waals surface area contributed by atoms with Crippen molar-refractivity contribution in [3.63, 3.8) is 0 Å². The van der Waals surface area contributed by atoms with Crippen molar-refractivity contribution in [1.29, 1.82) is 0 Å². The third-order valence-electron chi connectivity index (χ3n) is 3.23. The first kappa shape index (κ1) is 15.4. The number of para-hydroxylation sites is 1. The van der Waals surface area contributed by atoms with E-state index in [9.17, 15) is 4.79 Å². The maximum absolute atomic E-state index is 12.2. The number of halogens is 1. The van der Waals surface area contributed by atoms with E-state index >= 15 is 0 Å². The van der Waals surface area contributed by atoms with E-state index < -0.39 is 6.10 Å². The minimum absolute atomic E-state index is 0.178. The molecule has 2 rings (SSSR count). The minimum atomic E-state index is -0.592. The van der Waals surface area contributed by atoms with Crippen LogP contribution in [0, 0.1) is 13.8 Å². The van der Waals surface area contributed by atoms with Crippen LogP contribution in [-0.4, -0.2) is 12.0 Å². The monoisotopic (exact) mass is 303 g/mol. The van der Waals surface area contributed by atoms with Crippen molar-refractivity contribution in [2.24, 2.45) is 0 Å². The Balaban J connectivity index is 2.04. The van der Waals surface area contributed by atoms with Crippen LogP contribution in [0.15, 0.2) is 42.5 Å². The van der Waals surface area contributed by atoms with Crippen molar-refractivity contribution < 1.29 is 9.53 Å². The molecule has 1 amide bonds. The summed E-state index contributed by atoms with van der Waals surface area (Å²) >= 11 is 5.82. The Morgan fingerprint density at radius 1 is 1.10 bits per heavy atom. The van der Waals surface area contributed by atoms with Gasteiger partial charge in [-0.05, 0) is 56.2 Å². The van der Waals surface area contributed by atoms with Crippen LogP contribution in [0.4, 0.5) is 5.69 Å². The van der Waals surface area contributed by atoms with Gasteiger partial charge in [0, 0.05) is 10.7 Å². The number of ether oxygens (including phenoxy) is 1. The molecule has 0 radical (unpaired) electrons. The second-order valence-corrected chi connectivity index (χ2v) is 5.41. The molecule has 0 aliphatic rings. The lowest BCUT2D eigenvalue weighted by Gasteiger charge is -2.17. The van der Waals surface area contributed by atoms with E-state index in [-0.39, 0.29) is 5.91 Å². The molecule has 2 aromatic carbocycles. The van der Waals surface area contributed by atoms with E-state index in [1.807, 2.05) is 32.0 Å². The Morgan fingerprint density at radius 2 is 1.67 bits per heavy atom. The standard InChI is InChI=1S/C17H18ClNO2/c1-11-5-4-6-12(2)16(11)19-17(20)13(3)21-15-9-7-14(18)8-10-15/h4-10,13H,1-3H3,(H,19,20)/t13-/m1/s1. The molecule has 0 unspecified atom stereocenters. The summed E-state index contributed by atoms with van der Waals surface area (Å²) in [7, 11) is 0. The number of rotatable bonds is 4. The van der Waals surface area contributed by atoms with Gasteiger partial charge in [-0.15, -0.1) is 0 Å². The molecular formula is C17H18ClNO2. The number of aryl methyl sites for hydroxylation is 2. The lowest BCUT2D eigenvalue weighted by molar-refractivity contribution is -0.122. The lowest BCUT2D eigenvalue weighted by Crippen LogP contribution is -2.30. The van der Waals surface area contributed by atoms with Gasteiger partial charge < -0.3 is 10.1 Å². The molecule has 2 aromatic rings. The first-order chi connectivity index (χ1) is 9.97. The zero-order valence-electron chi connectivity index (χ0n) is 12.3. The molecule has 0 aliphatic heterocycles. The summed E-state index contributed by atoms with van der Waals surface area (Å²) in [6, 6.07) is 12.8. The quantitative estimate of drug-likeness (QED) is 0.911. The van der Waals surface area contributed by atoms with Crippen LogP contribution in [0.1, 0.15) is 18.1 Å². The van der Waals surface area contributed by atoms with Crippen molar-refractivity contribution in [3.8, 4) is 5.75 Å². The number of carbonyl (C=O) groups excluding carboxylic acids is 1. The fourth-order valence-electron chi connectivity index (χ4n) is 2.01. The summed E-state index contributed by atoms with van der Waals surface area (Å²) in [5.41, 5.74) is 2.90. The van der Waals surface area contributed by atoms with Crippen molar-refractivity contribution in [1.82, 2.24) is 0 Å². The molecule has 1 N–H and O–H groups in total. The molecule has 1 atom stereocenters. The zero-order valence-corrected chi connectivity index (χ0v) is 13.1. The molecule has 0 fully saturated rings. The summed E-state index contributed by atoms with van der Waals surface area (Å²) in [5, 5.41) is 3.55. The average Bonchev–Trinajstić information content (AvgIpc) is 2.45. The second-order valence-electron chi connectivity index (χ2n) is 4.97. The highest BCUT2D eigenvalue weighted by Gasteiger charge is 2.16. The molecule has 4 heteroatoms. The summed E-state index contributed by atoms with van der Waals surface area (Å²) in [5.74, 6) is 0.436. The van der Waals surface area contributed by atoms with Gasteiger partial charge in [0.05, 0.1) is 0 Å². The summed E-state index contributed by atoms with van der Waals surface area (Å²) in [6.07, 6.45) is -0.592. The molecule has 0 saturated carbocycles. The Morgan fingerprint density at radius 3 is 2.24 bits per heavy atom. The highest BCUT2D eigenvalue weighted by atomic mass is 35.5. The smallest absolute Gasteiger partial charge is 0.265 e. The number of amides is 1. The highest BCUT2D eigenvalue weighted by molar-refractivity contribution is 6.30. The van der Waals surface area contributed by atoms with E-state index in [0.717, 1.165) is 16.8 Å². The molecule has 0 aromatic heterocycles. The number of hydrogen-bond acceptors (Lipinski definition) is 2. The molecule has 0 heterocycles. The Hall–Kier alpha value is -2.00. The zero-order chi connectivity index (χ0) is 15.4. The van der Waals surface area contributed by atoms with Crippen molar-refractivity contribution >= 4 is 23.2 Å². The Bertz CT molecular complexity index is 617. The molecule has 0 saturated heterocycles. The van der Waals surface area contributed by atoms with Crippen LogP contribution in [0.25, 0.3) is 0 Å². The van der Waals surface area contributed by atoms with Crippen LogP contribution in [0.2, 0.25) is 5.02 Å². The molecule has 3 nitrogen and oxygen atoms in total. The van der Waals surface area contributed by atoms with E-state index in [0.29, 0.717) is 10.8 Å². The fourth-order valence-corrected chi connectivity index (χ4v) is 2.13. The summed E-state index contributed by atoms with van der Waals surface area (Å²) in [6.45, 7) is 5.65. The topological polar surface area (TPSA) is 38.3 Å². The van der Waals surface area contributed by atoms with Crippen molar-refractivity contribution in [2.45, 2.75) is 26.9 Å². The number of benzene rings is 2. The SMILES string of the molecule is Cc1cccc(C)c1NC(=O)[C@@H](C)Oc1ccc(Cl)cc1. The predicted octanol–water partition coefficient (Wildman–Crippen LogP) is 4.36. The van der Waals surface area contributed by atoms with Crippen LogP contribution < -0.4 is 10.1 Å². The molecular weight excluding hydrogens is 286 g/mol. The van der Waals surface area contributed by atoms with Gasteiger partial charge in [0.2, 0.25) is 0 Å². The van der Waals surface area contributed by atoms with Gasteiger partial charge >= 0.3 is 0 Å². The van der Waals surface area contributed by atoms with Crippen LogP contribution in [-0.2, 0) is 4.79 Å². The first-order valence-electron chi connectivity index (χ1n) is 6.76. The Kier molecular flexibility index (Phi) is 4.86. The van der Waals surface area contributed by atoms with Crippen molar-refractivity contribution in [2.75, 3.05) is 5.32 Å². The van der Waals surface area contributed by atoms with Gasteiger partial charge in [-0.2, -0.15) is 0 Å². The second kappa shape index (κ2) is 6.64. The number of nitrogens with one attached hydrogen (secondary N) is 1. The van der Waals surface area contributed by atoms with E-state index in [4.69, 9.17) is 16.3 Å². The summed E-state index contributed by atoms with van der Waals surface area (Å²) in [4.78, 5) is 12.2. The molecule has 0 spiro atoms. The van der Waals surface area contributed by atoms with Crippen molar-refractivity contribution in [3.05, 3.63) is 58.6 Å².